The molecular formula is C11H14N2O5. The molecule has 1 rings (SSSR count). The Morgan fingerprint density at radius 2 is 2.28 bits per heavy atom. The molecule has 0 spiro atoms. The Kier molecular flexibility index (Phi) is 4.61. The molecule has 18 heavy (non-hydrogen) atoms. The van der Waals surface area contributed by atoms with Crippen molar-refractivity contribution in [3.8, 4) is 5.75 Å². The molecule has 0 aromatic heterocycles. The summed E-state index contributed by atoms with van der Waals surface area (Å²) in [5.74, 6) is -0.623. The second kappa shape index (κ2) is 5.97. The van der Waals surface area contributed by atoms with Crippen molar-refractivity contribution in [2.24, 2.45) is 0 Å². The van der Waals surface area contributed by atoms with Crippen LogP contribution in [0.2, 0.25) is 0 Å². The molecule has 1 unspecified atom stereocenters. The van der Waals surface area contributed by atoms with Crippen molar-refractivity contribution in [1.82, 2.24) is 5.32 Å². The zero-order chi connectivity index (χ0) is 13.7. The summed E-state index contributed by atoms with van der Waals surface area (Å²) in [5, 5.41) is 22.3. The molecule has 1 atom stereocenters. The van der Waals surface area contributed by atoms with Crippen molar-refractivity contribution in [3.63, 3.8) is 0 Å². The van der Waals surface area contributed by atoms with Gasteiger partial charge in [-0.05, 0) is 13.0 Å². The average Bonchev–Trinajstić information content (AvgIpc) is 2.34. The molecule has 0 aliphatic rings. The minimum absolute atomic E-state index is 0.0602. The topological polar surface area (TPSA) is 102 Å². The molecule has 0 saturated carbocycles. The largest absolute Gasteiger partial charge is 0.490 e. The number of hydrogen-bond acceptors (Lipinski definition) is 5. The van der Waals surface area contributed by atoms with Crippen LogP contribution in [0.15, 0.2) is 18.2 Å². The highest BCUT2D eigenvalue weighted by atomic mass is 16.6. The predicted molar refractivity (Wildman–Crippen MR) is 63.7 cm³/mol. The fourth-order valence-electron chi connectivity index (χ4n) is 1.40. The zero-order valence-electron chi connectivity index (χ0n) is 10.0. The number of carbonyl (C=O) groups is 1. The molecule has 2 N–H and O–H groups in total. The molecule has 7 heteroatoms. The van der Waals surface area contributed by atoms with Gasteiger partial charge in [0.2, 0.25) is 5.75 Å². The number of para-hydroxylation sites is 1. The van der Waals surface area contributed by atoms with E-state index in [-0.39, 0.29) is 23.5 Å². The number of nitrogens with zero attached hydrogens (tertiary/aromatic N) is 1. The van der Waals surface area contributed by atoms with E-state index in [1.54, 1.807) is 0 Å². The van der Waals surface area contributed by atoms with E-state index in [1.165, 1.54) is 32.2 Å². The minimum atomic E-state index is -0.696. The van der Waals surface area contributed by atoms with Gasteiger partial charge < -0.3 is 15.2 Å². The number of aliphatic hydroxyl groups excluding tert-OH is 1. The number of nitro benzene ring substituents is 1. The first-order chi connectivity index (χ1) is 8.47. The van der Waals surface area contributed by atoms with E-state index < -0.39 is 16.9 Å². The third kappa shape index (κ3) is 3.17. The number of hydrogen-bond donors (Lipinski definition) is 2. The molecule has 1 amide bonds. The highest BCUT2D eigenvalue weighted by Crippen LogP contribution is 2.30. The SMILES string of the molecule is COc1c(C(=O)NCC(C)O)cccc1[N+](=O)[O-]. The van der Waals surface area contributed by atoms with Gasteiger partial charge in [0.05, 0.1) is 23.7 Å². The van der Waals surface area contributed by atoms with Crippen LogP contribution in [0.5, 0.6) is 5.75 Å². The number of carbonyl (C=O) groups excluding carboxylic acids is 1. The molecular weight excluding hydrogens is 240 g/mol. The van der Waals surface area contributed by atoms with Gasteiger partial charge >= 0.3 is 5.69 Å². The van der Waals surface area contributed by atoms with Gasteiger partial charge in [-0.15, -0.1) is 0 Å². The van der Waals surface area contributed by atoms with E-state index in [2.05, 4.69) is 5.32 Å². The molecule has 0 aliphatic heterocycles. The third-order valence-corrected chi connectivity index (χ3v) is 2.20. The second-order valence-corrected chi connectivity index (χ2v) is 3.67. The van der Waals surface area contributed by atoms with Crippen LogP contribution in [-0.2, 0) is 0 Å². The van der Waals surface area contributed by atoms with Crippen LogP contribution in [0.3, 0.4) is 0 Å². The molecule has 7 nitrogen and oxygen atoms in total. The summed E-state index contributed by atoms with van der Waals surface area (Å²) in [6.45, 7) is 1.58. The lowest BCUT2D eigenvalue weighted by molar-refractivity contribution is -0.385. The number of methoxy groups -OCH3 is 1. The molecule has 0 heterocycles. The van der Waals surface area contributed by atoms with Gasteiger partial charge in [-0.3, -0.25) is 14.9 Å². The number of nitrogens with one attached hydrogen (secondary N) is 1. The van der Waals surface area contributed by atoms with Crippen LogP contribution in [0.25, 0.3) is 0 Å². The van der Waals surface area contributed by atoms with Crippen LogP contribution in [0.4, 0.5) is 5.69 Å². The van der Waals surface area contributed by atoms with Crippen molar-refractivity contribution < 1.29 is 19.6 Å². The maximum absolute atomic E-state index is 11.8. The smallest absolute Gasteiger partial charge is 0.311 e. The highest BCUT2D eigenvalue weighted by Gasteiger charge is 2.22. The van der Waals surface area contributed by atoms with Crippen LogP contribution >= 0.6 is 0 Å². The van der Waals surface area contributed by atoms with Gasteiger partial charge in [0.15, 0.2) is 0 Å². The van der Waals surface area contributed by atoms with Crippen LogP contribution < -0.4 is 10.1 Å². The van der Waals surface area contributed by atoms with Gasteiger partial charge in [-0.2, -0.15) is 0 Å². The Balaban J connectivity index is 3.05. The van der Waals surface area contributed by atoms with E-state index in [4.69, 9.17) is 9.84 Å². The monoisotopic (exact) mass is 254 g/mol. The first-order valence-corrected chi connectivity index (χ1v) is 5.25. The maximum Gasteiger partial charge on any atom is 0.311 e. The molecule has 0 bridgehead atoms. The van der Waals surface area contributed by atoms with E-state index in [0.717, 1.165) is 0 Å². The molecule has 0 saturated heterocycles. The molecule has 0 radical (unpaired) electrons. The summed E-state index contributed by atoms with van der Waals surface area (Å²) in [6.07, 6.45) is -0.696. The maximum atomic E-state index is 11.8. The van der Waals surface area contributed by atoms with Crippen molar-refractivity contribution in [3.05, 3.63) is 33.9 Å². The number of aliphatic hydroxyl groups is 1. The number of nitro groups is 1. The van der Waals surface area contributed by atoms with Gasteiger partial charge in [0.25, 0.3) is 5.91 Å². The Labute approximate surface area is 104 Å². The third-order valence-electron chi connectivity index (χ3n) is 2.20. The average molecular weight is 254 g/mol. The van der Waals surface area contributed by atoms with Crippen LogP contribution in [0.1, 0.15) is 17.3 Å². The highest BCUT2D eigenvalue weighted by molar-refractivity contribution is 5.98. The van der Waals surface area contributed by atoms with E-state index >= 15 is 0 Å². The first kappa shape index (κ1) is 13.9. The Hall–Kier alpha value is -2.15. The molecule has 1 aromatic carbocycles. The van der Waals surface area contributed by atoms with Gasteiger partial charge in [0.1, 0.15) is 0 Å². The number of benzene rings is 1. The Morgan fingerprint density at radius 3 is 2.78 bits per heavy atom. The lowest BCUT2D eigenvalue weighted by Gasteiger charge is -2.10. The van der Waals surface area contributed by atoms with Crippen LogP contribution in [-0.4, -0.2) is 35.7 Å². The van der Waals surface area contributed by atoms with Crippen molar-refractivity contribution in [2.75, 3.05) is 13.7 Å². The fourth-order valence-corrected chi connectivity index (χ4v) is 1.40. The molecule has 98 valence electrons. The molecule has 0 fully saturated rings. The van der Waals surface area contributed by atoms with Gasteiger partial charge in [-0.1, -0.05) is 6.07 Å². The van der Waals surface area contributed by atoms with Crippen molar-refractivity contribution in [1.29, 1.82) is 0 Å². The van der Waals surface area contributed by atoms with E-state index in [1.807, 2.05) is 0 Å². The summed E-state index contributed by atoms with van der Waals surface area (Å²) in [6, 6.07) is 4.07. The zero-order valence-corrected chi connectivity index (χ0v) is 10.0. The second-order valence-electron chi connectivity index (χ2n) is 3.67. The Morgan fingerprint density at radius 1 is 1.61 bits per heavy atom. The molecule has 0 aliphatic carbocycles. The van der Waals surface area contributed by atoms with Crippen LogP contribution in [0, 0.1) is 10.1 Å². The first-order valence-electron chi connectivity index (χ1n) is 5.25. The Bertz CT molecular complexity index is 459. The van der Waals surface area contributed by atoms with Gasteiger partial charge in [-0.25, -0.2) is 0 Å². The van der Waals surface area contributed by atoms with E-state index in [9.17, 15) is 14.9 Å². The van der Waals surface area contributed by atoms with Crippen molar-refractivity contribution >= 4 is 11.6 Å². The summed E-state index contributed by atoms with van der Waals surface area (Å²) >= 11 is 0. The minimum Gasteiger partial charge on any atom is -0.490 e. The summed E-state index contributed by atoms with van der Waals surface area (Å²) in [7, 11) is 1.26. The lowest BCUT2D eigenvalue weighted by Crippen LogP contribution is -2.30. The van der Waals surface area contributed by atoms with Gasteiger partial charge in [0, 0.05) is 12.6 Å². The quantitative estimate of drug-likeness (QED) is 0.595. The summed E-state index contributed by atoms with van der Waals surface area (Å²) < 4.78 is 4.90. The number of ether oxygens (including phenoxy) is 1. The fraction of sp³-hybridized carbons (Fsp3) is 0.364. The molecule has 1 aromatic rings. The normalized spacial score (nSPS) is 11.7. The standard InChI is InChI=1S/C11H14N2O5/c1-7(14)6-12-11(15)8-4-3-5-9(13(16)17)10(8)18-2/h3-5,7,14H,6H2,1-2H3,(H,12,15). The van der Waals surface area contributed by atoms with E-state index in [0.29, 0.717) is 0 Å². The lowest BCUT2D eigenvalue weighted by atomic mass is 10.1. The number of amides is 1. The summed E-state index contributed by atoms with van der Waals surface area (Å²) in [5.41, 5.74) is -0.213. The predicted octanol–water partition coefficient (Wildman–Crippen LogP) is 0.714. The van der Waals surface area contributed by atoms with Crippen molar-refractivity contribution in [2.45, 2.75) is 13.0 Å². The number of rotatable bonds is 5. The summed E-state index contributed by atoms with van der Waals surface area (Å²) in [4.78, 5) is 21.9.